The van der Waals surface area contributed by atoms with E-state index in [4.69, 9.17) is 18.9 Å². The molecule has 4 aliphatic heterocycles. The van der Waals surface area contributed by atoms with Crippen LogP contribution in [0, 0.1) is 17.8 Å². The first kappa shape index (κ1) is 39.9. The Morgan fingerprint density at radius 3 is 1.85 bits per heavy atom. The molecule has 0 amide bonds. The highest BCUT2D eigenvalue weighted by atomic mass is 32.2. The van der Waals surface area contributed by atoms with E-state index in [9.17, 15) is 29.4 Å². The lowest BCUT2D eigenvalue weighted by Crippen LogP contribution is -2.77. The fourth-order valence-electron chi connectivity index (χ4n) is 14.9. The van der Waals surface area contributed by atoms with E-state index >= 15 is 0 Å². The zero-order chi connectivity index (χ0) is 43.8. The molecule has 14 heteroatoms. The zero-order valence-corrected chi connectivity index (χ0v) is 37.9. The molecule has 4 aromatic rings. The summed E-state index contributed by atoms with van der Waals surface area (Å²) in [4.78, 5) is 60.1. The Balaban J connectivity index is 0.719. The molecule has 10 aliphatic rings. The Kier molecular flexibility index (Phi) is 8.43. The van der Waals surface area contributed by atoms with Crippen molar-refractivity contribution in [2.45, 2.75) is 130 Å². The summed E-state index contributed by atoms with van der Waals surface area (Å²) in [5.41, 5.74) is 1.49. The van der Waals surface area contributed by atoms with Crippen molar-refractivity contribution in [2.24, 2.45) is 17.8 Å². The average Bonchev–Trinajstić information content (AvgIpc) is 4.18. The molecular formula is C51H52N2O10S2. The summed E-state index contributed by atoms with van der Waals surface area (Å²) in [6.45, 7) is 3.72. The molecule has 12 nitrogen and oxygen atoms in total. The quantitative estimate of drug-likeness (QED) is 0.147. The SMILES string of the molecule is O=C(Cc1csc2scc(CC(=O)Oc3ccc4c5c3O[C@H]3C(=O)CC[C@@]6(O)[C@@H](C4)N(CC4CC4)CC[C@]536)c12)Oc1ccc2c3c1OC[C@H]1C(=O)CC[C@@]4(O)[C@@H](C2)N(CC2CC2)CC[C@]314. The van der Waals surface area contributed by atoms with Crippen LogP contribution >= 0.6 is 22.7 Å². The van der Waals surface area contributed by atoms with Crippen LogP contribution in [0.3, 0.4) is 0 Å². The van der Waals surface area contributed by atoms with Crippen molar-refractivity contribution in [3.05, 3.63) is 68.4 Å². The number of esters is 2. The first-order valence-corrected chi connectivity index (χ1v) is 25.7. The number of ether oxygens (including phenoxy) is 4. The predicted molar refractivity (Wildman–Crippen MR) is 239 cm³/mol. The van der Waals surface area contributed by atoms with Gasteiger partial charge < -0.3 is 29.2 Å². The number of benzene rings is 2. The summed E-state index contributed by atoms with van der Waals surface area (Å²) in [5, 5.41) is 30.2. The molecule has 65 heavy (non-hydrogen) atoms. The monoisotopic (exact) mass is 916 g/mol. The molecule has 0 radical (unpaired) electrons. The van der Waals surface area contributed by atoms with Crippen LogP contribution in [0.25, 0.3) is 9.40 Å². The van der Waals surface area contributed by atoms with E-state index in [1.165, 1.54) is 48.4 Å². The number of aliphatic hydroxyl groups is 2. The Hall–Kier alpha value is -4.18. The molecule has 8 atom stereocenters. The number of fused-ring (bicyclic) bond motifs is 1. The lowest BCUT2D eigenvalue weighted by molar-refractivity contribution is -0.196. The number of hydrogen-bond acceptors (Lipinski definition) is 14. The fourth-order valence-corrected chi connectivity index (χ4v) is 17.1. The van der Waals surface area contributed by atoms with Gasteiger partial charge in [-0.25, -0.2) is 0 Å². The second-order valence-corrected chi connectivity index (χ2v) is 23.3. The van der Waals surface area contributed by atoms with Crippen LogP contribution in [0.1, 0.15) is 97.6 Å². The fraction of sp³-hybridized carbons (Fsp3) is 0.569. The standard InChI is InChI=1S/C51H52N2O10S2/c54-33-9-11-50(58)37-17-28-5-7-35(44-42(28)48(50,32(33)23-60-44)13-15-52(37)21-26-1-2-26)61-39(56)19-30-24-64-47-41(30)31(25-65-47)20-40(57)62-36-8-6-29-18-38-51(59)12-10-34(55)46-49(51,43(29)45(36)63-46)14-16-53(38)22-27-3-4-27/h5-8,24-27,32,37-38,46,58-59H,1-4,9-23H2/t32-,37+,38+,46-,48+,49-,50+,51+/m0/s1. The van der Waals surface area contributed by atoms with Crippen molar-refractivity contribution in [3.8, 4) is 23.0 Å². The summed E-state index contributed by atoms with van der Waals surface area (Å²) in [6, 6.07) is 7.44. The van der Waals surface area contributed by atoms with Gasteiger partial charge in [0.05, 0.1) is 46.0 Å². The third-order valence-electron chi connectivity index (χ3n) is 18.1. The highest BCUT2D eigenvalue weighted by Crippen LogP contribution is 2.67. The Morgan fingerprint density at radius 2 is 1.25 bits per heavy atom. The van der Waals surface area contributed by atoms with Gasteiger partial charge >= 0.3 is 11.9 Å². The molecule has 6 aliphatic carbocycles. The van der Waals surface area contributed by atoms with E-state index in [2.05, 4.69) is 9.80 Å². The van der Waals surface area contributed by atoms with Crippen LogP contribution in [0.15, 0.2) is 35.0 Å². The molecule has 6 heterocycles. The van der Waals surface area contributed by atoms with Crippen molar-refractivity contribution in [3.63, 3.8) is 0 Å². The average molecular weight is 917 g/mol. The second kappa shape index (κ2) is 13.7. The highest BCUT2D eigenvalue weighted by Gasteiger charge is 2.74. The molecule has 2 aromatic heterocycles. The number of thiophene rings is 2. The number of carbonyl (C=O) groups excluding carboxylic acids is 4. The van der Waals surface area contributed by atoms with Crippen LogP contribution in [0.2, 0.25) is 0 Å². The number of rotatable bonds is 10. The first-order chi connectivity index (χ1) is 31.5. The van der Waals surface area contributed by atoms with Gasteiger partial charge in [0, 0.05) is 59.9 Å². The lowest BCUT2D eigenvalue weighted by atomic mass is 9.45. The molecular weight excluding hydrogens is 865 g/mol. The van der Waals surface area contributed by atoms with Crippen LogP contribution in [-0.2, 0) is 55.7 Å². The van der Waals surface area contributed by atoms with Gasteiger partial charge in [0.1, 0.15) is 5.78 Å². The van der Waals surface area contributed by atoms with E-state index in [1.807, 2.05) is 29.0 Å². The van der Waals surface area contributed by atoms with Crippen LogP contribution in [0.5, 0.6) is 23.0 Å². The number of Topliss-reactive ketones (excluding diaryl/α,β-unsaturated/α-hetero) is 2. The number of carbonyl (C=O) groups is 4. The summed E-state index contributed by atoms with van der Waals surface area (Å²) in [7, 11) is 0. The number of nitrogens with zero attached hydrogens (tertiary/aromatic N) is 2. The van der Waals surface area contributed by atoms with Gasteiger partial charge in [0.25, 0.3) is 0 Å². The minimum atomic E-state index is -1.11. The summed E-state index contributed by atoms with van der Waals surface area (Å²) >= 11 is 3.03. The van der Waals surface area contributed by atoms with Crippen molar-refractivity contribution in [2.75, 3.05) is 32.8 Å². The largest absolute Gasteiger partial charge is 0.489 e. The maximum absolute atomic E-state index is 14.0. The summed E-state index contributed by atoms with van der Waals surface area (Å²) < 4.78 is 26.2. The molecule has 4 saturated carbocycles. The first-order valence-electron chi connectivity index (χ1n) is 24.0. The van der Waals surface area contributed by atoms with E-state index in [0.29, 0.717) is 74.0 Å². The van der Waals surface area contributed by atoms with E-state index < -0.39 is 46.0 Å². The van der Waals surface area contributed by atoms with Crippen molar-refractivity contribution in [1.29, 1.82) is 0 Å². The molecule has 2 aromatic carbocycles. The minimum Gasteiger partial charge on any atom is -0.489 e. The predicted octanol–water partition coefficient (Wildman–Crippen LogP) is 5.77. The summed E-state index contributed by atoms with van der Waals surface area (Å²) in [5.74, 6) is 1.55. The lowest BCUT2D eigenvalue weighted by Gasteiger charge is -2.66. The molecule has 4 bridgehead atoms. The molecule has 338 valence electrons. The van der Waals surface area contributed by atoms with E-state index in [-0.39, 0.29) is 55.3 Å². The molecule has 0 unspecified atom stereocenters. The maximum Gasteiger partial charge on any atom is 0.315 e. The van der Waals surface area contributed by atoms with Crippen LogP contribution < -0.4 is 18.9 Å². The molecule has 14 rings (SSSR count). The van der Waals surface area contributed by atoms with Crippen LogP contribution in [0.4, 0.5) is 0 Å². The van der Waals surface area contributed by atoms with E-state index in [1.54, 1.807) is 6.07 Å². The van der Waals surface area contributed by atoms with Gasteiger partial charge in [-0.1, -0.05) is 12.1 Å². The molecule has 2 N–H and O–H groups in total. The normalized spacial score (nSPS) is 35.0. The smallest absolute Gasteiger partial charge is 0.315 e. The molecule has 2 saturated heterocycles. The molecule has 6 fully saturated rings. The van der Waals surface area contributed by atoms with Gasteiger partial charge in [-0.05, 0) is 134 Å². The highest BCUT2D eigenvalue weighted by molar-refractivity contribution is 7.37. The number of ketones is 2. The number of likely N-dealkylation sites (tertiary alicyclic amines) is 2. The number of hydrogen-bond donors (Lipinski definition) is 2. The Morgan fingerprint density at radius 1 is 0.708 bits per heavy atom. The minimum absolute atomic E-state index is 0.00718. The van der Waals surface area contributed by atoms with Crippen molar-refractivity contribution in [1.82, 2.24) is 9.80 Å². The Bertz CT molecular complexity index is 2790. The Labute approximate surface area is 384 Å². The second-order valence-electron chi connectivity index (χ2n) is 21.2. The third-order valence-corrected chi connectivity index (χ3v) is 20.3. The van der Waals surface area contributed by atoms with Crippen molar-refractivity contribution >= 4 is 55.6 Å². The van der Waals surface area contributed by atoms with Gasteiger partial charge in [-0.15, -0.1) is 22.7 Å². The van der Waals surface area contributed by atoms with Gasteiger partial charge in [0.15, 0.2) is 34.9 Å². The van der Waals surface area contributed by atoms with Gasteiger partial charge in [-0.3, -0.25) is 29.0 Å². The number of piperidine rings is 2. The molecule has 2 spiro atoms. The van der Waals surface area contributed by atoms with E-state index in [0.717, 1.165) is 69.0 Å². The van der Waals surface area contributed by atoms with Gasteiger partial charge in [-0.2, -0.15) is 0 Å². The maximum atomic E-state index is 14.0. The summed E-state index contributed by atoms with van der Waals surface area (Å²) in [6.07, 6.45) is 8.07. The van der Waals surface area contributed by atoms with Crippen LogP contribution in [-0.4, -0.2) is 106 Å². The zero-order valence-electron chi connectivity index (χ0n) is 36.2. The third kappa shape index (κ3) is 5.38. The van der Waals surface area contributed by atoms with Crippen molar-refractivity contribution < 1.29 is 48.3 Å². The topological polar surface area (TPSA) is 152 Å². The van der Waals surface area contributed by atoms with Gasteiger partial charge in [0.2, 0.25) is 0 Å².